The highest BCUT2D eigenvalue weighted by atomic mass is 79.9. The van der Waals surface area contributed by atoms with E-state index in [0.29, 0.717) is 17.0 Å². The van der Waals surface area contributed by atoms with E-state index in [-0.39, 0.29) is 5.91 Å². The second-order valence-electron chi connectivity index (χ2n) is 5.67. The van der Waals surface area contributed by atoms with Gasteiger partial charge in [0.25, 0.3) is 5.91 Å². The molecule has 2 aromatic heterocycles. The van der Waals surface area contributed by atoms with Crippen LogP contribution in [0.1, 0.15) is 10.4 Å². The van der Waals surface area contributed by atoms with Crippen molar-refractivity contribution in [2.24, 2.45) is 5.84 Å². The first kappa shape index (κ1) is 17.1. The highest BCUT2D eigenvalue weighted by molar-refractivity contribution is 9.10. The molecule has 0 spiro atoms. The lowest BCUT2D eigenvalue weighted by Crippen LogP contribution is -2.29. The van der Waals surface area contributed by atoms with E-state index in [4.69, 9.17) is 5.84 Å². The van der Waals surface area contributed by atoms with Gasteiger partial charge in [0.15, 0.2) is 5.65 Å². The summed E-state index contributed by atoms with van der Waals surface area (Å²) in [5.74, 6) is 5.42. The number of nitrogens with one attached hydrogen (secondary N) is 2. The zero-order chi connectivity index (χ0) is 18.8. The average Bonchev–Trinajstić information content (AvgIpc) is 3.13. The number of hydrogen-bond donors (Lipinski definition) is 3. The van der Waals surface area contributed by atoms with E-state index in [1.807, 2.05) is 24.3 Å². The molecule has 4 rings (SSSR count). The molecule has 0 aliphatic heterocycles. The molecule has 0 fully saturated rings. The molecule has 8 nitrogen and oxygen atoms in total. The van der Waals surface area contributed by atoms with Crippen molar-refractivity contribution in [3.8, 4) is 5.69 Å². The summed E-state index contributed by atoms with van der Waals surface area (Å²) in [6.07, 6.45) is 3.20. The molecule has 4 aromatic rings. The number of carbonyl (C=O) groups is 1. The summed E-state index contributed by atoms with van der Waals surface area (Å²) in [7, 11) is 0. The number of amides is 1. The van der Waals surface area contributed by atoms with E-state index in [1.54, 1.807) is 35.1 Å². The Hall–Kier alpha value is -3.30. The normalized spacial score (nSPS) is 10.7. The van der Waals surface area contributed by atoms with Crippen LogP contribution in [0.5, 0.6) is 0 Å². The number of nitrogens with zero attached hydrogens (tertiary/aromatic N) is 4. The molecule has 2 heterocycles. The lowest BCUT2D eigenvalue weighted by atomic mass is 10.2. The quantitative estimate of drug-likeness (QED) is 0.264. The maximum atomic E-state index is 11.5. The molecule has 0 saturated heterocycles. The lowest BCUT2D eigenvalue weighted by molar-refractivity contribution is 0.0953. The maximum Gasteiger partial charge on any atom is 0.265 e. The molecule has 9 heteroatoms. The molecule has 134 valence electrons. The van der Waals surface area contributed by atoms with Crippen LogP contribution in [0, 0.1) is 0 Å². The minimum atomic E-state index is -0.346. The Bertz CT molecular complexity index is 1120. The van der Waals surface area contributed by atoms with Crippen molar-refractivity contribution in [2.75, 3.05) is 5.32 Å². The van der Waals surface area contributed by atoms with E-state index in [2.05, 4.69) is 41.7 Å². The number of halogens is 1. The average molecular weight is 424 g/mol. The third-order valence-corrected chi connectivity index (χ3v) is 4.45. The molecule has 0 aliphatic carbocycles. The van der Waals surface area contributed by atoms with Crippen LogP contribution in [0.2, 0.25) is 0 Å². The predicted octanol–water partition coefficient (Wildman–Crippen LogP) is 2.93. The second kappa shape index (κ2) is 7.14. The minimum absolute atomic E-state index is 0.346. The Kier molecular flexibility index (Phi) is 4.53. The van der Waals surface area contributed by atoms with Gasteiger partial charge < -0.3 is 5.32 Å². The molecule has 2 aromatic carbocycles. The summed E-state index contributed by atoms with van der Waals surface area (Å²) in [5, 5.41) is 8.45. The number of fused-ring (bicyclic) bond motifs is 1. The summed E-state index contributed by atoms with van der Waals surface area (Å²) in [5.41, 5.74) is 4.92. The molecule has 0 bridgehead atoms. The van der Waals surface area contributed by atoms with Gasteiger partial charge in [-0.05, 0) is 42.5 Å². The molecular weight excluding hydrogens is 410 g/mol. The van der Waals surface area contributed by atoms with Crippen LogP contribution < -0.4 is 16.6 Å². The minimum Gasteiger partial charge on any atom is -0.340 e. The standard InChI is InChI=1S/C18H14BrN7O/c19-12-2-1-3-14(8-12)26-17-15(9-23-26)16(21-10-22-17)24-13-6-4-11(5-7-13)18(27)25-20/h1-10H,20H2,(H,25,27)(H,21,22,24). The van der Waals surface area contributed by atoms with Gasteiger partial charge in [0, 0.05) is 15.7 Å². The van der Waals surface area contributed by atoms with Gasteiger partial charge >= 0.3 is 0 Å². The third-order valence-electron chi connectivity index (χ3n) is 3.96. The fourth-order valence-corrected chi connectivity index (χ4v) is 3.05. The van der Waals surface area contributed by atoms with Crippen molar-refractivity contribution >= 4 is 44.4 Å². The zero-order valence-corrected chi connectivity index (χ0v) is 15.5. The molecule has 0 unspecified atom stereocenters. The largest absolute Gasteiger partial charge is 0.340 e. The number of nitrogens with two attached hydrogens (primary N) is 1. The highest BCUT2D eigenvalue weighted by Gasteiger charge is 2.12. The smallest absolute Gasteiger partial charge is 0.265 e. The Morgan fingerprint density at radius 2 is 1.93 bits per heavy atom. The van der Waals surface area contributed by atoms with E-state index < -0.39 is 0 Å². The number of rotatable bonds is 4. The van der Waals surface area contributed by atoms with Gasteiger partial charge in [0.1, 0.15) is 12.1 Å². The van der Waals surface area contributed by atoms with Gasteiger partial charge in [-0.3, -0.25) is 10.2 Å². The van der Waals surface area contributed by atoms with Crippen LogP contribution in [0.15, 0.2) is 65.5 Å². The van der Waals surface area contributed by atoms with E-state index >= 15 is 0 Å². The highest BCUT2D eigenvalue weighted by Crippen LogP contribution is 2.25. The van der Waals surface area contributed by atoms with Crippen LogP contribution in [-0.4, -0.2) is 25.7 Å². The summed E-state index contributed by atoms with van der Waals surface area (Å²) < 4.78 is 2.71. The van der Waals surface area contributed by atoms with Crippen LogP contribution in [0.3, 0.4) is 0 Å². The van der Waals surface area contributed by atoms with E-state index in [9.17, 15) is 4.79 Å². The lowest BCUT2D eigenvalue weighted by Gasteiger charge is -2.08. The summed E-state index contributed by atoms with van der Waals surface area (Å²) in [6.45, 7) is 0. The van der Waals surface area contributed by atoms with Crippen molar-refractivity contribution in [3.63, 3.8) is 0 Å². The maximum absolute atomic E-state index is 11.5. The molecule has 0 saturated carbocycles. The summed E-state index contributed by atoms with van der Waals surface area (Å²) in [4.78, 5) is 20.2. The third kappa shape index (κ3) is 3.37. The Labute approximate surface area is 162 Å². The monoisotopic (exact) mass is 423 g/mol. The number of benzene rings is 2. The number of hydrazine groups is 1. The fourth-order valence-electron chi connectivity index (χ4n) is 2.67. The Balaban J connectivity index is 1.68. The number of aromatic nitrogens is 4. The molecule has 1 amide bonds. The topological polar surface area (TPSA) is 111 Å². The zero-order valence-electron chi connectivity index (χ0n) is 13.9. The summed E-state index contributed by atoms with van der Waals surface area (Å²) in [6, 6.07) is 14.7. The van der Waals surface area contributed by atoms with Gasteiger partial charge in [0.05, 0.1) is 17.3 Å². The Morgan fingerprint density at radius 3 is 2.67 bits per heavy atom. The van der Waals surface area contributed by atoms with Crippen LogP contribution >= 0.6 is 15.9 Å². The van der Waals surface area contributed by atoms with Gasteiger partial charge in [-0.2, -0.15) is 5.10 Å². The van der Waals surface area contributed by atoms with Crippen molar-refractivity contribution < 1.29 is 4.79 Å². The number of carbonyl (C=O) groups excluding carboxylic acids is 1. The van der Waals surface area contributed by atoms with Crippen molar-refractivity contribution in [2.45, 2.75) is 0 Å². The summed E-state index contributed by atoms with van der Waals surface area (Å²) >= 11 is 3.47. The van der Waals surface area contributed by atoms with Crippen LogP contribution in [-0.2, 0) is 0 Å². The van der Waals surface area contributed by atoms with Gasteiger partial charge in [-0.15, -0.1) is 0 Å². The second-order valence-corrected chi connectivity index (χ2v) is 6.59. The first-order chi connectivity index (χ1) is 13.2. The molecular formula is C18H14BrN7O. The first-order valence-electron chi connectivity index (χ1n) is 7.98. The molecule has 27 heavy (non-hydrogen) atoms. The molecule has 0 radical (unpaired) electrons. The fraction of sp³-hybridized carbons (Fsp3) is 0. The van der Waals surface area contributed by atoms with Crippen LogP contribution in [0.4, 0.5) is 11.5 Å². The number of nitrogen functional groups attached to an aromatic ring is 1. The van der Waals surface area contributed by atoms with Gasteiger partial charge in [0.2, 0.25) is 0 Å². The predicted molar refractivity (Wildman–Crippen MR) is 106 cm³/mol. The van der Waals surface area contributed by atoms with E-state index in [0.717, 1.165) is 21.2 Å². The van der Waals surface area contributed by atoms with Gasteiger partial charge in [-0.1, -0.05) is 22.0 Å². The van der Waals surface area contributed by atoms with Gasteiger partial charge in [-0.25, -0.2) is 20.5 Å². The van der Waals surface area contributed by atoms with Crippen molar-refractivity contribution in [1.82, 2.24) is 25.2 Å². The molecule has 0 aliphatic rings. The SMILES string of the molecule is NNC(=O)c1ccc(Nc2ncnc3c2cnn3-c2cccc(Br)c2)cc1. The number of hydrogen-bond acceptors (Lipinski definition) is 6. The Morgan fingerprint density at radius 1 is 1.11 bits per heavy atom. The first-order valence-corrected chi connectivity index (χ1v) is 8.78. The molecule has 4 N–H and O–H groups in total. The molecule has 0 atom stereocenters. The van der Waals surface area contributed by atoms with Crippen molar-refractivity contribution in [3.05, 3.63) is 71.1 Å². The van der Waals surface area contributed by atoms with Crippen LogP contribution in [0.25, 0.3) is 16.7 Å². The van der Waals surface area contributed by atoms with E-state index in [1.165, 1.54) is 6.33 Å². The number of anilines is 2. The van der Waals surface area contributed by atoms with Crippen molar-refractivity contribution in [1.29, 1.82) is 0 Å².